The van der Waals surface area contributed by atoms with Gasteiger partial charge in [0, 0.05) is 0 Å². The molecule has 1 aliphatic heterocycles. The number of para-hydroxylation sites is 2. The SMILES string of the molecule is O=C(CN1C(=O)COc2ccccc21)N/N=C\C(Cl)=C\c1ccccc1. The molecule has 2 aromatic rings. The lowest BCUT2D eigenvalue weighted by atomic mass is 10.2. The van der Waals surface area contributed by atoms with Crippen LogP contribution in [0.4, 0.5) is 5.69 Å². The molecule has 2 aromatic carbocycles. The molecule has 1 heterocycles. The molecule has 0 unspecified atom stereocenters. The van der Waals surface area contributed by atoms with E-state index >= 15 is 0 Å². The van der Waals surface area contributed by atoms with Crippen molar-refractivity contribution in [2.24, 2.45) is 5.10 Å². The molecular weight excluding hydrogens is 354 g/mol. The van der Waals surface area contributed by atoms with Gasteiger partial charge in [0.2, 0.25) is 0 Å². The van der Waals surface area contributed by atoms with Crippen molar-refractivity contribution in [2.75, 3.05) is 18.1 Å². The largest absolute Gasteiger partial charge is 0.482 e. The van der Waals surface area contributed by atoms with E-state index in [2.05, 4.69) is 10.5 Å². The van der Waals surface area contributed by atoms with Crippen LogP contribution in [-0.4, -0.2) is 31.2 Å². The van der Waals surface area contributed by atoms with Crippen molar-refractivity contribution in [1.29, 1.82) is 0 Å². The van der Waals surface area contributed by atoms with Crippen LogP contribution in [0.15, 0.2) is 64.7 Å². The maximum atomic E-state index is 12.1. The Labute approximate surface area is 155 Å². The fourth-order valence-corrected chi connectivity index (χ4v) is 2.59. The summed E-state index contributed by atoms with van der Waals surface area (Å²) < 4.78 is 5.34. The Bertz CT molecular complexity index is 865. The van der Waals surface area contributed by atoms with Gasteiger partial charge in [-0.3, -0.25) is 14.5 Å². The normalized spacial score (nSPS) is 14.1. The highest BCUT2D eigenvalue weighted by Gasteiger charge is 2.26. The Morgan fingerprint density at radius 1 is 1.19 bits per heavy atom. The molecule has 0 spiro atoms. The standard InChI is InChI=1S/C19H16ClN3O3/c20-15(10-14-6-2-1-3-7-14)11-21-22-18(24)12-23-16-8-4-5-9-17(16)26-13-19(23)25/h1-11H,12-13H2,(H,22,24)/b15-10-,21-11-. The van der Waals surface area contributed by atoms with Gasteiger partial charge in [0.1, 0.15) is 12.3 Å². The van der Waals surface area contributed by atoms with Crippen molar-refractivity contribution in [2.45, 2.75) is 0 Å². The third kappa shape index (κ3) is 4.49. The Kier molecular flexibility index (Phi) is 5.66. The first-order valence-electron chi connectivity index (χ1n) is 7.90. The van der Waals surface area contributed by atoms with Gasteiger partial charge in [0.15, 0.2) is 6.61 Å². The van der Waals surface area contributed by atoms with E-state index in [1.54, 1.807) is 30.3 Å². The predicted octanol–water partition coefficient (Wildman–Crippen LogP) is 2.79. The van der Waals surface area contributed by atoms with Crippen molar-refractivity contribution in [3.8, 4) is 5.75 Å². The molecule has 6 nitrogen and oxygen atoms in total. The molecule has 3 rings (SSSR count). The highest BCUT2D eigenvalue weighted by Crippen LogP contribution is 2.31. The van der Waals surface area contributed by atoms with Gasteiger partial charge >= 0.3 is 0 Å². The second-order valence-electron chi connectivity index (χ2n) is 5.47. The van der Waals surface area contributed by atoms with Crippen LogP contribution in [0.2, 0.25) is 0 Å². The zero-order valence-corrected chi connectivity index (χ0v) is 14.5. The smallest absolute Gasteiger partial charge is 0.265 e. The highest BCUT2D eigenvalue weighted by molar-refractivity contribution is 6.41. The number of benzene rings is 2. The molecule has 0 fully saturated rings. The molecule has 2 amide bonds. The number of halogens is 1. The number of ether oxygens (including phenoxy) is 1. The lowest BCUT2D eigenvalue weighted by molar-refractivity contribution is -0.125. The van der Waals surface area contributed by atoms with Crippen LogP contribution in [0.25, 0.3) is 6.08 Å². The molecule has 0 aliphatic carbocycles. The molecule has 0 saturated heterocycles. The predicted molar refractivity (Wildman–Crippen MR) is 101 cm³/mol. The summed E-state index contributed by atoms with van der Waals surface area (Å²) in [5.74, 6) is -0.155. The molecule has 0 bridgehead atoms. The molecule has 1 aliphatic rings. The summed E-state index contributed by atoms with van der Waals surface area (Å²) in [4.78, 5) is 25.5. The fourth-order valence-electron chi connectivity index (χ4n) is 2.42. The van der Waals surface area contributed by atoms with Crippen LogP contribution < -0.4 is 15.1 Å². The van der Waals surface area contributed by atoms with Gasteiger partial charge in [-0.05, 0) is 23.8 Å². The zero-order chi connectivity index (χ0) is 18.4. The molecule has 0 atom stereocenters. The number of hydrazone groups is 1. The van der Waals surface area contributed by atoms with Crippen LogP contribution in [0.3, 0.4) is 0 Å². The minimum Gasteiger partial charge on any atom is -0.482 e. The van der Waals surface area contributed by atoms with Crippen molar-refractivity contribution in [3.63, 3.8) is 0 Å². The average Bonchev–Trinajstić information content (AvgIpc) is 2.65. The Morgan fingerprint density at radius 3 is 2.73 bits per heavy atom. The third-order valence-electron chi connectivity index (χ3n) is 3.59. The first-order chi connectivity index (χ1) is 12.6. The van der Waals surface area contributed by atoms with Crippen molar-refractivity contribution >= 4 is 41.4 Å². The summed E-state index contributed by atoms with van der Waals surface area (Å²) in [5, 5.41) is 4.18. The summed E-state index contributed by atoms with van der Waals surface area (Å²) >= 11 is 6.06. The number of nitrogens with zero attached hydrogens (tertiary/aromatic N) is 2. The van der Waals surface area contributed by atoms with Crippen LogP contribution in [0.1, 0.15) is 5.56 Å². The maximum Gasteiger partial charge on any atom is 0.265 e. The lowest BCUT2D eigenvalue weighted by Crippen LogP contribution is -2.44. The van der Waals surface area contributed by atoms with Crippen LogP contribution in [0.5, 0.6) is 5.75 Å². The molecule has 7 heteroatoms. The van der Waals surface area contributed by atoms with E-state index < -0.39 is 5.91 Å². The van der Waals surface area contributed by atoms with E-state index in [-0.39, 0.29) is 19.1 Å². The van der Waals surface area contributed by atoms with E-state index in [9.17, 15) is 9.59 Å². The van der Waals surface area contributed by atoms with E-state index in [0.717, 1.165) is 5.56 Å². The van der Waals surface area contributed by atoms with Gasteiger partial charge in [-0.25, -0.2) is 5.43 Å². The number of rotatable bonds is 5. The van der Waals surface area contributed by atoms with Gasteiger partial charge in [-0.15, -0.1) is 0 Å². The Hall–Kier alpha value is -3.12. The number of amides is 2. The Morgan fingerprint density at radius 2 is 1.92 bits per heavy atom. The monoisotopic (exact) mass is 369 g/mol. The lowest BCUT2D eigenvalue weighted by Gasteiger charge is -2.28. The molecule has 0 saturated carbocycles. The summed E-state index contributed by atoms with van der Waals surface area (Å²) in [6.45, 7) is -0.254. The summed E-state index contributed by atoms with van der Waals surface area (Å²) in [7, 11) is 0. The quantitative estimate of drug-likeness (QED) is 0.650. The number of hydrogen-bond donors (Lipinski definition) is 1. The van der Waals surface area contributed by atoms with Crippen molar-refractivity contribution in [3.05, 3.63) is 65.2 Å². The number of carbonyl (C=O) groups is 2. The topological polar surface area (TPSA) is 71.0 Å². The van der Waals surface area contributed by atoms with Gasteiger partial charge < -0.3 is 4.74 Å². The molecule has 0 aromatic heterocycles. The zero-order valence-electron chi connectivity index (χ0n) is 13.8. The van der Waals surface area contributed by atoms with E-state index in [4.69, 9.17) is 16.3 Å². The number of hydrogen-bond acceptors (Lipinski definition) is 4. The number of nitrogens with one attached hydrogen (secondary N) is 1. The minimum absolute atomic E-state index is 0.0980. The highest BCUT2D eigenvalue weighted by atomic mass is 35.5. The first kappa shape index (κ1) is 17.7. The van der Waals surface area contributed by atoms with Crippen LogP contribution in [-0.2, 0) is 9.59 Å². The van der Waals surface area contributed by atoms with Gasteiger partial charge in [0.25, 0.3) is 11.8 Å². The molecule has 26 heavy (non-hydrogen) atoms. The second kappa shape index (κ2) is 8.31. The summed E-state index contributed by atoms with van der Waals surface area (Å²) in [6, 6.07) is 16.5. The first-order valence-corrected chi connectivity index (χ1v) is 8.27. The molecule has 132 valence electrons. The molecule has 0 radical (unpaired) electrons. The van der Waals surface area contributed by atoms with Crippen molar-refractivity contribution < 1.29 is 14.3 Å². The van der Waals surface area contributed by atoms with E-state index in [0.29, 0.717) is 16.5 Å². The van der Waals surface area contributed by atoms with Gasteiger partial charge in [-0.1, -0.05) is 54.1 Å². The fraction of sp³-hybridized carbons (Fsp3) is 0.105. The number of anilines is 1. The number of fused-ring (bicyclic) bond motifs is 1. The second-order valence-corrected chi connectivity index (χ2v) is 5.91. The van der Waals surface area contributed by atoms with Crippen molar-refractivity contribution in [1.82, 2.24) is 5.43 Å². The average molecular weight is 370 g/mol. The number of carbonyl (C=O) groups excluding carboxylic acids is 2. The van der Waals surface area contributed by atoms with Crippen LogP contribution in [0, 0.1) is 0 Å². The molecule has 1 N–H and O–H groups in total. The summed E-state index contributed by atoms with van der Waals surface area (Å²) in [6.07, 6.45) is 3.06. The van der Waals surface area contributed by atoms with Gasteiger partial charge in [0.05, 0.1) is 16.9 Å². The van der Waals surface area contributed by atoms with E-state index in [1.165, 1.54) is 11.1 Å². The minimum atomic E-state index is -0.435. The third-order valence-corrected chi connectivity index (χ3v) is 3.80. The summed E-state index contributed by atoms with van der Waals surface area (Å²) in [5.41, 5.74) is 3.85. The van der Waals surface area contributed by atoms with E-state index in [1.807, 2.05) is 30.3 Å². The van der Waals surface area contributed by atoms with Crippen LogP contribution >= 0.6 is 11.6 Å². The molecular formula is C19H16ClN3O3. The number of allylic oxidation sites excluding steroid dienone is 1. The Balaban J connectivity index is 1.59. The maximum absolute atomic E-state index is 12.1. The van der Waals surface area contributed by atoms with Gasteiger partial charge in [-0.2, -0.15) is 5.10 Å².